The van der Waals surface area contributed by atoms with Gasteiger partial charge in [-0.15, -0.1) is 0 Å². The predicted octanol–water partition coefficient (Wildman–Crippen LogP) is 2.83. The highest BCUT2D eigenvalue weighted by atomic mass is 16.5. The average Bonchev–Trinajstić information content (AvgIpc) is 2.19. The Hall–Kier alpha value is -0.0800. The Morgan fingerprint density at radius 1 is 1.14 bits per heavy atom. The van der Waals surface area contributed by atoms with E-state index in [0.717, 1.165) is 19.1 Å². The maximum absolute atomic E-state index is 5.02. The van der Waals surface area contributed by atoms with Gasteiger partial charge in [-0.3, -0.25) is 0 Å². The van der Waals surface area contributed by atoms with Crippen molar-refractivity contribution in [2.24, 2.45) is 5.92 Å². The first-order valence-electron chi connectivity index (χ1n) is 6.00. The van der Waals surface area contributed by atoms with Gasteiger partial charge in [0.15, 0.2) is 0 Å². The highest BCUT2D eigenvalue weighted by molar-refractivity contribution is 4.56. The fraction of sp³-hybridized carbons (Fsp3) is 1.00. The van der Waals surface area contributed by atoms with Crippen molar-refractivity contribution in [2.75, 3.05) is 26.8 Å². The topological polar surface area (TPSA) is 21.3 Å². The van der Waals surface area contributed by atoms with Crippen LogP contribution in [0.25, 0.3) is 0 Å². The second-order valence-electron chi connectivity index (χ2n) is 4.13. The quantitative estimate of drug-likeness (QED) is 0.549. The number of unbranched alkanes of at least 4 members (excludes halogenated alkanes) is 1. The number of methoxy groups -OCH3 is 1. The number of hydrogen-bond donors (Lipinski definition) is 1. The van der Waals surface area contributed by atoms with Crippen molar-refractivity contribution in [3.05, 3.63) is 0 Å². The molecule has 0 spiro atoms. The summed E-state index contributed by atoms with van der Waals surface area (Å²) in [5.74, 6) is 0.858. The zero-order valence-electron chi connectivity index (χ0n) is 10.1. The van der Waals surface area contributed by atoms with Gasteiger partial charge in [-0.25, -0.2) is 0 Å². The lowest BCUT2D eigenvalue weighted by atomic mass is 10.0. The Labute approximate surface area is 89.4 Å². The third-order valence-corrected chi connectivity index (χ3v) is 2.54. The molecule has 0 aliphatic heterocycles. The minimum atomic E-state index is 0.858. The monoisotopic (exact) mass is 201 g/mol. The molecule has 0 aliphatic rings. The molecule has 0 aromatic heterocycles. The molecule has 2 heteroatoms. The van der Waals surface area contributed by atoms with E-state index in [1.165, 1.54) is 38.6 Å². The van der Waals surface area contributed by atoms with Crippen molar-refractivity contribution in [3.63, 3.8) is 0 Å². The molecule has 0 fully saturated rings. The van der Waals surface area contributed by atoms with Gasteiger partial charge in [-0.1, -0.05) is 26.7 Å². The van der Waals surface area contributed by atoms with Crippen LogP contribution in [0.15, 0.2) is 0 Å². The van der Waals surface area contributed by atoms with Crippen LogP contribution in [-0.4, -0.2) is 26.8 Å². The van der Waals surface area contributed by atoms with Crippen LogP contribution in [0.1, 0.15) is 46.0 Å². The van der Waals surface area contributed by atoms with Crippen LogP contribution in [-0.2, 0) is 4.74 Å². The number of ether oxygens (including phenoxy) is 1. The van der Waals surface area contributed by atoms with Gasteiger partial charge < -0.3 is 10.1 Å². The van der Waals surface area contributed by atoms with Crippen LogP contribution in [0.5, 0.6) is 0 Å². The molecule has 1 atom stereocenters. The van der Waals surface area contributed by atoms with Gasteiger partial charge in [0.05, 0.1) is 0 Å². The van der Waals surface area contributed by atoms with Crippen LogP contribution in [0, 0.1) is 5.92 Å². The Kier molecular flexibility index (Phi) is 10.9. The molecule has 0 radical (unpaired) electrons. The first kappa shape index (κ1) is 13.9. The van der Waals surface area contributed by atoms with Crippen molar-refractivity contribution in [2.45, 2.75) is 46.0 Å². The van der Waals surface area contributed by atoms with Crippen molar-refractivity contribution < 1.29 is 4.74 Å². The van der Waals surface area contributed by atoms with E-state index in [-0.39, 0.29) is 0 Å². The van der Waals surface area contributed by atoms with Gasteiger partial charge in [0.2, 0.25) is 0 Å². The van der Waals surface area contributed by atoms with E-state index in [0.29, 0.717) is 0 Å². The lowest BCUT2D eigenvalue weighted by molar-refractivity contribution is 0.190. The Morgan fingerprint density at radius 3 is 2.57 bits per heavy atom. The SMILES string of the molecule is CCCNCCC(C)CCCCOC. The van der Waals surface area contributed by atoms with E-state index in [1.807, 2.05) is 0 Å². The lowest BCUT2D eigenvalue weighted by Crippen LogP contribution is -2.18. The van der Waals surface area contributed by atoms with Crippen LogP contribution >= 0.6 is 0 Å². The molecule has 14 heavy (non-hydrogen) atoms. The summed E-state index contributed by atoms with van der Waals surface area (Å²) < 4.78 is 5.02. The minimum Gasteiger partial charge on any atom is -0.385 e. The molecule has 1 N–H and O–H groups in total. The van der Waals surface area contributed by atoms with Crippen LogP contribution in [0.2, 0.25) is 0 Å². The summed E-state index contributed by atoms with van der Waals surface area (Å²) in [5, 5.41) is 3.44. The van der Waals surface area contributed by atoms with E-state index in [1.54, 1.807) is 7.11 Å². The molecule has 0 saturated carbocycles. The first-order chi connectivity index (χ1) is 6.81. The molecule has 0 aliphatic carbocycles. The van der Waals surface area contributed by atoms with Gasteiger partial charge >= 0.3 is 0 Å². The van der Waals surface area contributed by atoms with Gasteiger partial charge in [0.1, 0.15) is 0 Å². The van der Waals surface area contributed by atoms with Crippen LogP contribution in [0.4, 0.5) is 0 Å². The second-order valence-corrected chi connectivity index (χ2v) is 4.13. The number of hydrogen-bond acceptors (Lipinski definition) is 2. The standard InChI is InChI=1S/C12H27NO/c1-4-9-13-10-8-12(2)7-5-6-11-14-3/h12-13H,4-11H2,1-3H3. The van der Waals surface area contributed by atoms with E-state index in [2.05, 4.69) is 19.2 Å². The lowest BCUT2D eigenvalue weighted by Gasteiger charge is -2.11. The number of nitrogens with one attached hydrogen (secondary N) is 1. The molecule has 0 aromatic carbocycles. The Morgan fingerprint density at radius 2 is 1.93 bits per heavy atom. The van der Waals surface area contributed by atoms with Crippen molar-refractivity contribution in [3.8, 4) is 0 Å². The van der Waals surface area contributed by atoms with Crippen molar-refractivity contribution in [1.82, 2.24) is 5.32 Å². The molecule has 0 saturated heterocycles. The fourth-order valence-corrected chi connectivity index (χ4v) is 1.53. The summed E-state index contributed by atoms with van der Waals surface area (Å²) >= 11 is 0. The molecule has 0 rings (SSSR count). The van der Waals surface area contributed by atoms with E-state index in [4.69, 9.17) is 4.74 Å². The predicted molar refractivity (Wildman–Crippen MR) is 62.7 cm³/mol. The summed E-state index contributed by atoms with van der Waals surface area (Å²) in [4.78, 5) is 0. The Balaban J connectivity index is 3.07. The molecular formula is C12H27NO. The van der Waals surface area contributed by atoms with Gasteiger partial charge in [-0.2, -0.15) is 0 Å². The largest absolute Gasteiger partial charge is 0.385 e. The average molecular weight is 201 g/mol. The highest BCUT2D eigenvalue weighted by Crippen LogP contribution is 2.10. The molecule has 0 amide bonds. The summed E-state index contributed by atoms with van der Waals surface area (Å²) in [5.41, 5.74) is 0. The van der Waals surface area contributed by atoms with E-state index < -0.39 is 0 Å². The molecule has 0 bridgehead atoms. The smallest absolute Gasteiger partial charge is 0.0462 e. The normalized spacial score (nSPS) is 13.1. The molecule has 1 unspecified atom stereocenters. The maximum atomic E-state index is 5.02. The summed E-state index contributed by atoms with van der Waals surface area (Å²) in [6.07, 6.45) is 6.42. The van der Waals surface area contributed by atoms with Crippen molar-refractivity contribution in [1.29, 1.82) is 0 Å². The fourth-order valence-electron chi connectivity index (χ4n) is 1.53. The summed E-state index contributed by atoms with van der Waals surface area (Å²) in [7, 11) is 1.78. The molecular weight excluding hydrogens is 174 g/mol. The zero-order valence-corrected chi connectivity index (χ0v) is 10.1. The van der Waals surface area contributed by atoms with Gasteiger partial charge in [0, 0.05) is 13.7 Å². The summed E-state index contributed by atoms with van der Waals surface area (Å²) in [6.45, 7) is 7.82. The zero-order chi connectivity index (χ0) is 10.6. The molecule has 0 aromatic rings. The van der Waals surface area contributed by atoms with Gasteiger partial charge in [-0.05, 0) is 38.3 Å². The second kappa shape index (κ2) is 11.0. The van der Waals surface area contributed by atoms with E-state index in [9.17, 15) is 0 Å². The maximum Gasteiger partial charge on any atom is 0.0462 e. The van der Waals surface area contributed by atoms with Crippen LogP contribution in [0.3, 0.4) is 0 Å². The Bertz CT molecular complexity index is 94.5. The third kappa shape index (κ3) is 10.0. The molecule has 0 heterocycles. The van der Waals surface area contributed by atoms with E-state index >= 15 is 0 Å². The number of rotatable bonds is 10. The minimum absolute atomic E-state index is 0.858. The molecule has 86 valence electrons. The first-order valence-corrected chi connectivity index (χ1v) is 6.00. The molecule has 2 nitrogen and oxygen atoms in total. The van der Waals surface area contributed by atoms with Gasteiger partial charge in [0.25, 0.3) is 0 Å². The highest BCUT2D eigenvalue weighted by Gasteiger charge is 2.00. The summed E-state index contributed by atoms with van der Waals surface area (Å²) in [6, 6.07) is 0. The van der Waals surface area contributed by atoms with Crippen LogP contribution < -0.4 is 5.32 Å². The van der Waals surface area contributed by atoms with Crippen molar-refractivity contribution >= 4 is 0 Å². The third-order valence-electron chi connectivity index (χ3n) is 2.54.